The van der Waals surface area contributed by atoms with Crippen molar-refractivity contribution in [3.63, 3.8) is 0 Å². The Hall–Kier alpha value is -1.85. The summed E-state index contributed by atoms with van der Waals surface area (Å²) < 4.78 is 7.34. The molecule has 0 N–H and O–H groups in total. The highest BCUT2D eigenvalue weighted by Gasteiger charge is 2.19. The van der Waals surface area contributed by atoms with Crippen LogP contribution in [0.4, 0.5) is 0 Å². The van der Waals surface area contributed by atoms with Crippen LogP contribution in [0.5, 0.6) is 0 Å². The van der Waals surface area contributed by atoms with E-state index in [-0.39, 0.29) is 16.8 Å². The Balaban J connectivity index is 1.94. The summed E-state index contributed by atoms with van der Waals surface area (Å²) in [5.74, 6) is 1.06. The van der Waals surface area contributed by atoms with Crippen molar-refractivity contribution in [2.45, 2.75) is 25.8 Å². The van der Waals surface area contributed by atoms with E-state index in [4.69, 9.17) is 27.6 Å². The van der Waals surface area contributed by atoms with Gasteiger partial charge in [0.05, 0.1) is 0 Å². The van der Waals surface area contributed by atoms with E-state index in [9.17, 15) is 4.79 Å². The Morgan fingerprint density at radius 1 is 1.09 bits per heavy atom. The van der Waals surface area contributed by atoms with Gasteiger partial charge in [0, 0.05) is 28.6 Å². The number of rotatable bonds is 1. The van der Waals surface area contributed by atoms with Crippen molar-refractivity contribution in [2.24, 2.45) is 0 Å². The Labute approximate surface area is 135 Å². The number of hydrogen-bond acceptors (Lipinski definition) is 4. The van der Waals surface area contributed by atoms with Gasteiger partial charge in [-0.25, -0.2) is 4.98 Å². The monoisotopic (exact) mass is 335 g/mol. The zero-order chi connectivity index (χ0) is 15.3. The average molecular weight is 336 g/mol. The van der Waals surface area contributed by atoms with Crippen molar-refractivity contribution < 1.29 is 4.42 Å². The summed E-state index contributed by atoms with van der Waals surface area (Å²) >= 11 is 12.0. The summed E-state index contributed by atoms with van der Waals surface area (Å²) in [7, 11) is 0. The summed E-state index contributed by atoms with van der Waals surface area (Å²) in [5.41, 5.74) is 0.988. The lowest BCUT2D eigenvalue weighted by Gasteiger charge is -2.15. The van der Waals surface area contributed by atoms with Crippen molar-refractivity contribution in [3.05, 3.63) is 44.4 Å². The predicted octanol–water partition coefficient (Wildman–Crippen LogP) is 3.69. The van der Waals surface area contributed by atoms with E-state index < -0.39 is 0 Å². The molecule has 7 heteroatoms. The molecule has 0 saturated heterocycles. The molecule has 0 fully saturated rings. The minimum Gasteiger partial charge on any atom is -0.417 e. The number of oxazole rings is 1. The van der Waals surface area contributed by atoms with Gasteiger partial charge in [-0.15, -0.1) is 0 Å². The maximum Gasteiger partial charge on any atom is 0.283 e. The third-order valence-electron chi connectivity index (χ3n) is 3.74. The number of hydrogen-bond donors (Lipinski definition) is 0. The Morgan fingerprint density at radius 2 is 1.86 bits per heavy atom. The maximum absolute atomic E-state index is 12.5. The molecule has 1 aromatic carbocycles. The van der Waals surface area contributed by atoms with Crippen LogP contribution in [0, 0.1) is 0 Å². The van der Waals surface area contributed by atoms with Crippen molar-refractivity contribution in [1.29, 1.82) is 0 Å². The van der Waals surface area contributed by atoms with Gasteiger partial charge in [-0.05, 0) is 31.0 Å². The predicted molar refractivity (Wildman–Crippen MR) is 84.5 cm³/mol. The van der Waals surface area contributed by atoms with Crippen molar-refractivity contribution in [3.8, 4) is 11.5 Å². The smallest absolute Gasteiger partial charge is 0.283 e. The number of fused-ring (bicyclic) bond motifs is 2. The second-order valence-electron chi connectivity index (χ2n) is 5.27. The van der Waals surface area contributed by atoms with E-state index in [1.807, 2.05) is 0 Å². The van der Waals surface area contributed by atoms with Crippen LogP contribution in [-0.2, 0) is 13.0 Å². The van der Waals surface area contributed by atoms with Crippen molar-refractivity contribution in [2.75, 3.05) is 0 Å². The largest absolute Gasteiger partial charge is 0.417 e. The first-order valence-corrected chi connectivity index (χ1v) is 7.74. The van der Waals surface area contributed by atoms with Gasteiger partial charge in [0.25, 0.3) is 11.3 Å². The molecule has 22 heavy (non-hydrogen) atoms. The highest BCUT2D eigenvalue weighted by molar-refractivity contribution is 6.35. The van der Waals surface area contributed by atoms with Gasteiger partial charge in [-0.2, -0.15) is 4.98 Å². The van der Waals surface area contributed by atoms with Crippen molar-refractivity contribution >= 4 is 34.4 Å². The lowest BCUT2D eigenvalue weighted by molar-refractivity contribution is 0.494. The number of aromatic nitrogens is 3. The molecular formula is C15H11Cl2N3O2. The van der Waals surface area contributed by atoms with Crippen LogP contribution in [0.25, 0.3) is 22.7 Å². The quantitative estimate of drug-likeness (QED) is 0.680. The number of halogens is 2. The molecule has 3 heterocycles. The molecule has 0 unspecified atom stereocenters. The molecule has 2 aromatic heterocycles. The minimum atomic E-state index is -0.150. The molecular weight excluding hydrogens is 325 g/mol. The third kappa shape index (κ3) is 2.21. The van der Waals surface area contributed by atoms with Crippen molar-refractivity contribution in [1.82, 2.24) is 14.5 Å². The molecule has 0 saturated carbocycles. The molecule has 0 spiro atoms. The zero-order valence-corrected chi connectivity index (χ0v) is 13.0. The number of nitrogens with zero attached hydrogens (tertiary/aromatic N) is 3. The van der Waals surface area contributed by atoms with Crippen LogP contribution in [0.2, 0.25) is 10.0 Å². The molecule has 0 aliphatic carbocycles. The van der Waals surface area contributed by atoms with Crippen LogP contribution >= 0.6 is 23.2 Å². The van der Waals surface area contributed by atoms with Gasteiger partial charge >= 0.3 is 0 Å². The molecule has 0 amide bonds. The van der Waals surface area contributed by atoms with Gasteiger partial charge in [0.1, 0.15) is 5.82 Å². The van der Waals surface area contributed by atoms with Crippen LogP contribution < -0.4 is 5.56 Å². The van der Waals surface area contributed by atoms with E-state index in [0.717, 1.165) is 25.1 Å². The second-order valence-corrected chi connectivity index (χ2v) is 6.15. The fourth-order valence-corrected chi connectivity index (χ4v) is 3.25. The van der Waals surface area contributed by atoms with E-state index in [1.165, 1.54) is 0 Å². The SMILES string of the molecule is O=c1c2nc(-c3cc(Cl)cc(Cl)c3)oc2nc2n1CCCC2. The summed E-state index contributed by atoms with van der Waals surface area (Å²) in [6.45, 7) is 0.683. The standard InChI is InChI=1S/C15H11Cl2N3O2/c16-9-5-8(6-10(17)7-9)13-19-12-14(22-13)18-11-3-1-2-4-20(11)15(12)21/h5-7H,1-4H2. The maximum atomic E-state index is 12.5. The van der Waals surface area contributed by atoms with Crippen LogP contribution in [0.3, 0.4) is 0 Å². The highest BCUT2D eigenvalue weighted by Crippen LogP contribution is 2.28. The molecule has 4 rings (SSSR count). The van der Waals surface area contributed by atoms with E-state index in [0.29, 0.717) is 28.0 Å². The topological polar surface area (TPSA) is 60.9 Å². The molecule has 1 aliphatic heterocycles. The summed E-state index contributed by atoms with van der Waals surface area (Å²) in [6.07, 6.45) is 2.79. The van der Waals surface area contributed by atoms with Gasteiger partial charge in [-0.3, -0.25) is 9.36 Å². The third-order valence-corrected chi connectivity index (χ3v) is 4.18. The fraction of sp³-hybridized carbons (Fsp3) is 0.267. The van der Waals surface area contributed by atoms with Gasteiger partial charge < -0.3 is 4.42 Å². The number of aryl methyl sites for hydroxylation is 1. The first-order valence-electron chi connectivity index (χ1n) is 6.98. The van der Waals surface area contributed by atoms with Gasteiger partial charge in [-0.1, -0.05) is 23.2 Å². The normalized spacial score (nSPS) is 14.3. The Bertz CT molecular complexity index is 926. The van der Waals surface area contributed by atoms with E-state index >= 15 is 0 Å². The van der Waals surface area contributed by atoms with E-state index in [1.54, 1.807) is 22.8 Å². The Kier molecular flexibility index (Phi) is 3.20. The first-order chi connectivity index (χ1) is 10.6. The molecule has 3 aromatic rings. The molecule has 0 atom stereocenters. The molecule has 0 radical (unpaired) electrons. The van der Waals surface area contributed by atoms with Crippen LogP contribution in [0.15, 0.2) is 27.4 Å². The summed E-state index contributed by atoms with van der Waals surface area (Å²) in [5, 5.41) is 0.961. The highest BCUT2D eigenvalue weighted by atomic mass is 35.5. The summed E-state index contributed by atoms with van der Waals surface area (Å²) in [4.78, 5) is 21.2. The van der Waals surface area contributed by atoms with Gasteiger partial charge in [0.15, 0.2) is 5.52 Å². The van der Waals surface area contributed by atoms with Gasteiger partial charge in [0.2, 0.25) is 5.89 Å². The molecule has 1 aliphatic rings. The second kappa shape index (κ2) is 5.11. The first kappa shape index (κ1) is 13.8. The zero-order valence-electron chi connectivity index (χ0n) is 11.5. The Morgan fingerprint density at radius 3 is 2.64 bits per heavy atom. The minimum absolute atomic E-state index is 0.150. The molecule has 5 nitrogen and oxygen atoms in total. The molecule has 112 valence electrons. The number of benzene rings is 1. The lowest BCUT2D eigenvalue weighted by atomic mass is 10.1. The van der Waals surface area contributed by atoms with Crippen LogP contribution in [0.1, 0.15) is 18.7 Å². The lowest BCUT2D eigenvalue weighted by Crippen LogP contribution is -2.28. The molecule has 0 bridgehead atoms. The average Bonchev–Trinajstić information content (AvgIpc) is 2.91. The fourth-order valence-electron chi connectivity index (χ4n) is 2.73. The van der Waals surface area contributed by atoms with E-state index in [2.05, 4.69) is 9.97 Å². The van der Waals surface area contributed by atoms with Crippen LogP contribution in [-0.4, -0.2) is 14.5 Å². The summed E-state index contributed by atoms with van der Waals surface area (Å²) in [6, 6.07) is 5.01.